The van der Waals surface area contributed by atoms with E-state index >= 15 is 0 Å². The Hall–Kier alpha value is -1.33. The minimum atomic E-state index is 0.0393. The van der Waals surface area contributed by atoms with E-state index in [-0.39, 0.29) is 18.6 Å². The van der Waals surface area contributed by atoms with Crippen molar-refractivity contribution in [3.05, 3.63) is 23.7 Å². The number of ether oxygens (including phenoxy) is 2. The van der Waals surface area contributed by atoms with Crippen LogP contribution in [0.5, 0.6) is 0 Å². The van der Waals surface area contributed by atoms with E-state index in [1.54, 1.807) is 7.11 Å². The molecule has 1 saturated heterocycles. The van der Waals surface area contributed by atoms with Gasteiger partial charge in [-0.25, -0.2) is 0 Å². The van der Waals surface area contributed by atoms with Gasteiger partial charge in [-0.3, -0.25) is 4.79 Å². The Morgan fingerprint density at radius 3 is 2.91 bits per heavy atom. The first-order valence-corrected chi connectivity index (χ1v) is 8.21. The highest BCUT2D eigenvalue weighted by Gasteiger charge is 2.28. The number of carbonyl (C=O) groups excluding carboxylic acids is 1. The molecule has 22 heavy (non-hydrogen) atoms. The Balaban J connectivity index is 2.01. The molecule has 124 valence electrons. The second-order valence-corrected chi connectivity index (χ2v) is 5.66. The molecule has 1 unspecified atom stereocenters. The van der Waals surface area contributed by atoms with E-state index in [1.807, 2.05) is 17.0 Å². The molecule has 0 aromatic carbocycles. The Morgan fingerprint density at radius 2 is 2.18 bits per heavy atom. The second kappa shape index (κ2) is 8.96. The molecule has 1 aromatic heterocycles. The lowest BCUT2D eigenvalue weighted by Gasteiger charge is -2.28. The van der Waals surface area contributed by atoms with Crippen molar-refractivity contribution in [2.45, 2.75) is 45.1 Å². The fourth-order valence-corrected chi connectivity index (χ4v) is 2.85. The van der Waals surface area contributed by atoms with Gasteiger partial charge in [0.25, 0.3) is 0 Å². The summed E-state index contributed by atoms with van der Waals surface area (Å²) in [7, 11) is 1.62. The first kappa shape index (κ1) is 17.0. The van der Waals surface area contributed by atoms with E-state index < -0.39 is 0 Å². The van der Waals surface area contributed by atoms with Gasteiger partial charge in [0.2, 0.25) is 5.91 Å². The fourth-order valence-electron chi connectivity index (χ4n) is 2.85. The lowest BCUT2D eigenvalue weighted by atomic mass is 10.1. The summed E-state index contributed by atoms with van der Waals surface area (Å²) < 4.78 is 16.2. The van der Waals surface area contributed by atoms with Crippen LogP contribution in [0.25, 0.3) is 0 Å². The number of rotatable bonds is 7. The lowest BCUT2D eigenvalue weighted by Crippen LogP contribution is -2.37. The summed E-state index contributed by atoms with van der Waals surface area (Å²) in [5, 5.41) is 0. The van der Waals surface area contributed by atoms with Crippen LogP contribution in [0.15, 0.2) is 16.5 Å². The number of methoxy groups -OCH3 is 1. The third-order valence-corrected chi connectivity index (χ3v) is 4.09. The van der Waals surface area contributed by atoms with Crippen molar-refractivity contribution in [1.82, 2.24) is 4.90 Å². The van der Waals surface area contributed by atoms with Gasteiger partial charge in [0.15, 0.2) is 0 Å². The zero-order valence-corrected chi connectivity index (χ0v) is 13.7. The van der Waals surface area contributed by atoms with Gasteiger partial charge in [0.1, 0.15) is 18.1 Å². The van der Waals surface area contributed by atoms with Crippen LogP contribution < -0.4 is 0 Å². The number of aryl methyl sites for hydroxylation is 1. The molecule has 1 aliphatic rings. The average Bonchev–Trinajstić information content (AvgIpc) is 2.88. The summed E-state index contributed by atoms with van der Waals surface area (Å²) >= 11 is 0. The van der Waals surface area contributed by atoms with Gasteiger partial charge in [-0.15, -0.1) is 0 Å². The van der Waals surface area contributed by atoms with Gasteiger partial charge < -0.3 is 18.8 Å². The molecule has 5 heteroatoms. The van der Waals surface area contributed by atoms with Crippen molar-refractivity contribution in [3.8, 4) is 0 Å². The van der Waals surface area contributed by atoms with Gasteiger partial charge in [-0.1, -0.05) is 19.8 Å². The smallest absolute Gasteiger partial charge is 0.249 e. The quantitative estimate of drug-likeness (QED) is 0.727. The van der Waals surface area contributed by atoms with Crippen LogP contribution in [-0.4, -0.2) is 44.3 Å². The third kappa shape index (κ3) is 4.58. The van der Waals surface area contributed by atoms with Gasteiger partial charge >= 0.3 is 0 Å². The molecule has 2 heterocycles. The molecule has 2 rings (SSSR count). The van der Waals surface area contributed by atoms with Crippen molar-refractivity contribution in [1.29, 1.82) is 0 Å². The molecule has 0 aliphatic carbocycles. The Morgan fingerprint density at radius 1 is 1.32 bits per heavy atom. The summed E-state index contributed by atoms with van der Waals surface area (Å²) in [6.45, 7) is 3.92. The zero-order chi connectivity index (χ0) is 15.8. The molecule has 1 aromatic rings. The molecule has 0 saturated carbocycles. The minimum Gasteiger partial charge on any atom is -0.464 e. The number of likely N-dealkylation sites (tertiary alicyclic amines) is 1. The molecule has 0 bridgehead atoms. The zero-order valence-electron chi connectivity index (χ0n) is 13.7. The monoisotopic (exact) mass is 309 g/mol. The summed E-state index contributed by atoms with van der Waals surface area (Å²) in [4.78, 5) is 14.4. The maximum absolute atomic E-state index is 12.5. The molecule has 1 amide bonds. The van der Waals surface area contributed by atoms with Crippen molar-refractivity contribution in [3.63, 3.8) is 0 Å². The molecule has 0 spiro atoms. The van der Waals surface area contributed by atoms with Crippen molar-refractivity contribution >= 4 is 5.91 Å². The lowest BCUT2D eigenvalue weighted by molar-refractivity contribution is -0.139. The predicted octanol–water partition coefficient (Wildman–Crippen LogP) is 2.95. The molecule has 1 fully saturated rings. The highest BCUT2D eigenvalue weighted by molar-refractivity contribution is 5.78. The number of carbonyl (C=O) groups is 1. The Bertz CT molecular complexity index is 457. The predicted molar refractivity (Wildman–Crippen MR) is 83.7 cm³/mol. The van der Waals surface area contributed by atoms with Crippen LogP contribution >= 0.6 is 0 Å². The van der Waals surface area contributed by atoms with Crippen LogP contribution in [0.3, 0.4) is 0 Å². The summed E-state index contributed by atoms with van der Waals surface area (Å²) in [5.41, 5.74) is 0. The Kier molecular flexibility index (Phi) is 6.93. The number of furan rings is 1. The molecule has 1 aliphatic heterocycles. The summed E-state index contributed by atoms with van der Waals surface area (Å²) in [6, 6.07) is 4.07. The van der Waals surface area contributed by atoms with E-state index in [2.05, 4.69) is 6.92 Å². The van der Waals surface area contributed by atoms with Crippen LogP contribution in [-0.2, 0) is 20.7 Å². The maximum atomic E-state index is 12.5. The highest BCUT2D eigenvalue weighted by atomic mass is 16.5. The van der Waals surface area contributed by atoms with E-state index in [4.69, 9.17) is 13.9 Å². The van der Waals surface area contributed by atoms with Gasteiger partial charge in [0, 0.05) is 20.1 Å². The standard InChI is InChI=1S/C17H27NO4/c1-3-14-8-9-16(22-14)15-7-5-4-6-10-18(15)17(19)13-21-12-11-20-2/h8-9,15H,3-7,10-13H2,1-2H3. The number of nitrogens with zero attached hydrogens (tertiary/aromatic N) is 1. The SMILES string of the molecule is CCc1ccc(C2CCCCCN2C(=O)COCCOC)o1. The normalized spacial score (nSPS) is 19.2. The second-order valence-electron chi connectivity index (χ2n) is 5.66. The third-order valence-electron chi connectivity index (χ3n) is 4.09. The van der Waals surface area contributed by atoms with E-state index in [9.17, 15) is 4.79 Å². The molecular formula is C17H27NO4. The van der Waals surface area contributed by atoms with Crippen LogP contribution in [0.1, 0.15) is 50.2 Å². The van der Waals surface area contributed by atoms with Gasteiger partial charge in [-0.2, -0.15) is 0 Å². The molecular weight excluding hydrogens is 282 g/mol. The largest absolute Gasteiger partial charge is 0.464 e. The average molecular weight is 309 g/mol. The number of hydrogen-bond acceptors (Lipinski definition) is 4. The maximum Gasteiger partial charge on any atom is 0.249 e. The fraction of sp³-hybridized carbons (Fsp3) is 0.706. The van der Waals surface area contributed by atoms with E-state index in [1.165, 1.54) is 0 Å². The van der Waals surface area contributed by atoms with Crippen LogP contribution in [0, 0.1) is 0 Å². The van der Waals surface area contributed by atoms with E-state index in [0.29, 0.717) is 13.2 Å². The van der Waals surface area contributed by atoms with Gasteiger partial charge in [-0.05, 0) is 25.0 Å². The van der Waals surface area contributed by atoms with Crippen molar-refractivity contribution in [2.24, 2.45) is 0 Å². The summed E-state index contributed by atoms with van der Waals surface area (Å²) in [5.74, 6) is 1.92. The number of amides is 1. The Labute approximate surface area is 132 Å². The van der Waals surface area contributed by atoms with Gasteiger partial charge in [0.05, 0.1) is 19.3 Å². The topological polar surface area (TPSA) is 51.9 Å². The van der Waals surface area contributed by atoms with Crippen LogP contribution in [0.4, 0.5) is 0 Å². The van der Waals surface area contributed by atoms with Crippen molar-refractivity contribution < 1.29 is 18.7 Å². The number of hydrogen-bond donors (Lipinski definition) is 0. The van der Waals surface area contributed by atoms with Crippen molar-refractivity contribution in [2.75, 3.05) is 33.5 Å². The minimum absolute atomic E-state index is 0.0393. The molecule has 0 radical (unpaired) electrons. The summed E-state index contributed by atoms with van der Waals surface area (Å²) in [6.07, 6.45) is 5.16. The molecule has 1 atom stereocenters. The molecule has 0 N–H and O–H groups in total. The molecule has 5 nitrogen and oxygen atoms in total. The van der Waals surface area contributed by atoms with Crippen LogP contribution in [0.2, 0.25) is 0 Å². The highest BCUT2D eigenvalue weighted by Crippen LogP contribution is 2.31. The first-order chi connectivity index (χ1) is 10.8. The first-order valence-electron chi connectivity index (χ1n) is 8.21. The van der Waals surface area contributed by atoms with E-state index in [0.717, 1.165) is 50.2 Å².